The van der Waals surface area contributed by atoms with Gasteiger partial charge in [-0.3, -0.25) is 19.9 Å². The number of aliphatic hydroxyl groups is 1. The lowest BCUT2D eigenvalue weighted by atomic mass is 9.82. The van der Waals surface area contributed by atoms with Crippen molar-refractivity contribution in [3.63, 3.8) is 0 Å². The third-order valence-corrected chi connectivity index (χ3v) is 15.2. The number of rotatable bonds is 20. The Balaban J connectivity index is 1.08. The zero-order valence-electron chi connectivity index (χ0n) is 44.6. The van der Waals surface area contributed by atoms with Crippen LogP contribution in [0, 0.1) is 34.3 Å². The highest BCUT2D eigenvalue weighted by Crippen LogP contribution is 2.42. The number of hydrogen-bond donors (Lipinski definition) is 6. The summed E-state index contributed by atoms with van der Waals surface area (Å²) in [5.41, 5.74) is -4.61. The molecule has 2 aromatic heterocycles. The van der Waals surface area contributed by atoms with Crippen LogP contribution in [-0.2, 0) is 32.0 Å². The largest absolute Gasteiger partial charge is 0.465 e. The quantitative estimate of drug-likeness (QED) is 0.0297. The Morgan fingerprint density at radius 1 is 0.793 bits per heavy atom. The summed E-state index contributed by atoms with van der Waals surface area (Å²) < 4.78 is 157. The maximum absolute atomic E-state index is 16.0. The van der Waals surface area contributed by atoms with E-state index in [9.17, 15) is 64.5 Å². The van der Waals surface area contributed by atoms with Crippen LogP contribution in [0.5, 0.6) is 0 Å². The number of carbonyl (C=O) groups excluding carboxylic acids is 3. The van der Waals surface area contributed by atoms with Gasteiger partial charge in [0.1, 0.15) is 35.6 Å². The molecule has 444 valence electrons. The third-order valence-electron chi connectivity index (χ3n) is 15.2. The fourth-order valence-corrected chi connectivity index (χ4v) is 9.94. The predicted octanol–water partition coefficient (Wildman–Crippen LogP) is 7.06. The van der Waals surface area contributed by atoms with Crippen molar-refractivity contribution in [2.24, 2.45) is 10.8 Å². The van der Waals surface area contributed by atoms with Gasteiger partial charge in [-0.1, -0.05) is 24.0 Å². The van der Waals surface area contributed by atoms with Gasteiger partial charge in [0.25, 0.3) is 5.91 Å². The first kappa shape index (κ1) is 60.9. The first-order valence-corrected chi connectivity index (χ1v) is 26.1. The summed E-state index contributed by atoms with van der Waals surface area (Å²) in [6.07, 6.45) is -11.7. The lowest BCUT2D eigenvalue weighted by molar-refractivity contribution is -0.221. The van der Waals surface area contributed by atoms with Crippen molar-refractivity contribution in [1.29, 1.82) is 0 Å². The van der Waals surface area contributed by atoms with Gasteiger partial charge in [0.2, 0.25) is 5.91 Å². The molecule has 3 aliphatic heterocycles. The van der Waals surface area contributed by atoms with E-state index in [0.717, 1.165) is 57.2 Å². The molecule has 28 heteroatoms. The molecule has 6 N–H and O–H groups in total. The number of fused-ring (bicyclic) bond motifs is 2. The van der Waals surface area contributed by atoms with Crippen LogP contribution in [0.25, 0.3) is 11.3 Å². The number of amides is 4. The number of alkyl halides is 8. The highest BCUT2D eigenvalue weighted by atomic mass is 19.4. The molecule has 2 aromatic carbocycles. The fourth-order valence-electron chi connectivity index (χ4n) is 9.94. The number of aliphatic hydroxyl groups excluding tert-OH is 1. The first-order chi connectivity index (χ1) is 38.5. The summed E-state index contributed by atoms with van der Waals surface area (Å²) in [4.78, 5) is 62.3. The predicted molar refractivity (Wildman–Crippen MR) is 272 cm³/mol. The number of benzene rings is 2. The molecule has 4 amide bonds. The van der Waals surface area contributed by atoms with E-state index < -0.39 is 121 Å². The number of piperazine rings is 1. The van der Waals surface area contributed by atoms with Crippen molar-refractivity contribution in [2.45, 2.75) is 134 Å². The SMILES string of the molecule is CC(C)([C@H](NC(=O)O)C(=O)NN(Cc1c(F)cc(-c2ccn(C(F)F)n2)cc1F)C[C@H](O)[C@H](Cc1ccc(C#Cc2ccc(N3CC4CCC(C3)N4C3COC3)nc2)cc1)NC(=O)[C@@H](NC(=O)OC1CC1)C(C)(C)C(F)(F)F)C(F)(F)F. The van der Waals surface area contributed by atoms with Crippen LogP contribution in [0.1, 0.15) is 82.2 Å². The summed E-state index contributed by atoms with van der Waals surface area (Å²) in [6, 6.07) is 6.43. The van der Waals surface area contributed by atoms with E-state index in [1.165, 1.54) is 17.4 Å². The van der Waals surface area contributed by atoms with E-state index in [2.05, 4.69) is 37.0 Å². The summed E-state index contributed by atoms with van der Waals surface area (Å²) in [5.74, 6) is 0.674. The standard InChI is InChI=1S/C54H60F10N10O8/c1-51(2,53(59,60)61)44(68-50(80)82-36-14-15-36)46(76)66-41(19-30-8-5-29(6-9-30)7-10-31-11-16-43(65-22-31)71-23-33-12-13-34(24-71)74(33)35-27-81-28-35)42(75)26-72(70-47(77)45(67-49(78)79)52(3,4)54(62,63)64)25-37-38(55)20-32(21-39(37)56)40-17-18-73(69-40)48(57)58/h5-6,8-9,11,16-18,20-22,33-36,41-42,44-45,48,67,75H,12-15,19,23-28H2,1-4H3,(H,66,76)(H,68,80)(H,70,77)(H,78,79)/t33?,34?,41-,42-,44+,45+/m0/s1. The number of anilines is 1. The number of ether oxygens (including phenoxy) is 2. The van der Waals surface area contributed by atoms with Crippen LogP contribution in [-0.4, -0.2) is 153 Å². The number of carbonyl (C=O) groups is 4. The van der Waals surface area contributed by atoms with Gasteiger partial charge in [0.15, 0.2) is 0 Å². The van der Waals surface area contributed by atoms with E-state index >= 15 is 8.78 Å². The van der Waals surface area contributed by atoms with Gasteiger partial charge in [-0.2, -0.15) is 40.2 Å². The van der Waals surface area contributed by atoms with Crippen molar-refractivity contribution in [2.75, 3.05) is 37.7 Å². The van der Waals surface area contributed by atoms with Crippen LogP contribution in [0.2, 0.25) is 0 Å². The zero-order valence-corrected chi connectivity index (χ0v) is 44.6. The van der Waals surface area contributed by atoms with Crippen LogP contribution < -0.4 is 26.3 Å². The third kappa shape index (κ3) is 14.2. The lowest BCUT2D eigenvalue weighted by Gasteiger charge is -2.47. The molecule has 8 rings (SSSR count). The minimum absolute atomic E-state index is 0.192. The molecule has 4 aliphatic rings. The maximum atomic E-state index is 16.0. The molecule has 2 bridgehead atoms. The average Bonchev–Trinajstić information content (AvgIpc) is 3.42. The van der Waals surface area contributed by atoms with Gasteiger partial charge >= 0.3 is 31.1 Å². The lowest BCUT2D eigenvalue weighted by Crippen LogP contribution is -2.63. The van der Waals surface area contributed by atoms with Crippen molar-refractivity contribution < 1.29 is 82.8 Å². The molecule has 2 unspecified atom stereocenters. The van der Waals surface area contributed by atoms with Gasteiger partial charge in [-0.15, -0.1) is 0 Å². The van der Waals surface area contributed by atoms with Crippen molar-refractivity contribution in [3.05, 3.63) is 101 Å². The molecule has 1 aliphatic carbocycles. The maximum Gasteiger partial charge on any atom is 0.408 e. The number of hydrazine groups is 1. The number of aromatic nitrogens is 3. The van der Waals surface area contributed by atoms with Crippen molar-refractivity contribution in [1.82, 2.24) is 46.0 Å². The fraction of sp³-hybridized carbons (Fsp3) is 0.519. The topological polar surface area (TPSA) is 216 Å². The highest BCUT2D eigenvalue weighted by molar-refractivity contribution is 5.87. The van der Waals surface area contributed by atoms with Gasteiger partial charge < -0.3 is 40.5 Å². The zero-order chi connectivity index (χ0) is 59.6. The second-order valence-electron chi connectivity index (χ2n) is 21.9. The number of alkyl carbamates (subject to hydrolysis) is 1. The monoisotopic (exact) mass is 1170 g/mol. The van der Waals surface area contributed by atoms with Crippen molar-refractivity contribution in [3.8, 4) is 23.1 Å². The van der Waals surface area contributed by atoms with Crippen molar-refractivity contribution >= 4 is 29.8 Å². The second kappa shape index (κ2) is 24.3. The Morgan fingerprint density at radius 2 is 1.38 bits per heavy atom. The minimum atomic E-state index is -5.28. The molecule has 1 saturated carbocycles. The summed E-state index contributed by atoms with van der Waals surface area (Å²) in [5, 5.41) is 31.4. The molecule has 5 heterocycles. The summed E-state index contributed by atoms with van der Waals surface area (Å²) >= 11 is 0. The Kier molecular flexibility index (Phi) is 18.0. The Hall–Kier alpha value is -7.22. The Bertz CT molecular complexity index is 2980. The van der Waals surface area contributed by atoms with Crippen LogP contribution in [0.15, 0.2) is 67.0 Å². The van der Waals surface area contributed by atoms with Gasteiger partial charge in [0, 0.05) is 72.9 Å². The molecule has 82 heavy (non-hydrogen) atoms. The number of hydrogen-bond acceptors (Lipinski definition) is 12. The van der Waals surface area contributed by atoms with Gasteiger partial charge in [-0.25, -0.2) is 33.0 Å². The van der Waals surface area contributed by atoms with E-state index in [0.29, 0.717) is 86.9 Å². The van der Waals surface area contributed by atoms with Crippen LogP contribution >= 0.6 is 0 Å². The van der Waals surface area contributed by atoms with Crippen LogP contribution in [0.4, 0.5) is 59.3 Å². The molecule has 4 aromatic rings. The van der Waals surface area contributed by atoms with E-state index in [1.807, 2.05) is 22.9 Å². The van der Waals surface area contributed by atoms with Gasteiger partial charge in [-0.05, 0) is 108 Å². The molecule has 6 atom stereocenters. The van der Waals surface area contributed by atoms with E-state index in [-0.39, 0.29) is 21.5 Å². The molecular weight excluding hydrogens is 1110 g/mol. The number of nitrogens with zero attached hydrogens (tertiary/aromatic N) is 6. The number of pyridine rings is 1. The summed E-state index contributed by atoms with van der Waals surface area (Å²) in [6.45, 7) is -0.119. The highest BCUT2D eigenvalue weighted by Gasteiger charge is 2.57. The smallest absolute Gasteiger partial charge is 0.408 e. The molecule has 3 saturated heterocycles. The first-order valence-electron chi connectivity index (χ1n) is 26.1. The number of halogens is 10. The average molecular weight is 1170 g/mol. The Morgan fingerprint density at radius 3 is 1.89 bits per heavy atom. The number of nitrogens with one attached hydrogen (secondary N) is 4. The molecule has 0 radical (unpaired) electrons. The van der Waals surface area contributed by atoms with E-state index in [1.54, 1.807) is 18.3 Å². The normalized spacial score (nSPS) is 19.4. The molecular formula is C54H60F10N10O8. The molecule has 18 nitrogen and oxygen atoms in total. The molecule has 4 fully saturated rings. The second-order valence-corrected chi connectivity index (χ2v) is 21.9. The Labute approximate surface area is 463 Å². The minimum Gasteiger partial charge on any atom is -0.465 e. The van der Waals surface area contributed by atoms with Crippen LogP contribution in [0.3, 0.4) is 0 Å². The number of carboxylic acid groups (broad SMARTS) is 1. The summed E-state index contributed by atoms with van der Waals surface area (Å²) in [7, 11) is 0. The molecule has 0 spiro atoms. The van der Waals surface area contributed by atoms with E-state index in [4.69, 9.17) is 9.47 Å². The van der Waals surface area contributed by atoms with Gasteiger partial charge in [0.05, 0.1) is 47.9 Å².